The van der Waals surface area contributed by atoms with Crippen LogP contribution in [0.4, 0.5) is 4.39 Å². The summed E-state index contributed by atoms with van der Waals surface area (Å²) in [5.41, 5.74) is 0.198. The van der Waals surface area contributed by atoms with E-state index in [1.165, 1.54) is 6.07 Å². The highest BCUT2D eigenvalue weighted by Crippen LogP contribution is 2.22. The second-order valence-corrected chi connectivity index (χ2v) is 7.32. The zero-order chi connectivity index (χ0) is 17.1. The smallest absolute Gasteiger partial charge is 0.256 e. The van der Waals surface area contributed by atoms with Crippen molar-refractivity contribution in [3.8, 4) is 0 Å². The van der Waals surface area contributed by atoms with E-state index in [4.69, 9.17) is 0 Å². The summed E-state index contributed by atoms with van der Waals surface area (Å²) in [5, 5.41) is 0. The van der Waals surface area contributed by atoms with Crippen LogP contribution in [0, 0.1) is 11.7 Å². The van der Waals surface area contributed by atoms with Crippen LogP contribution in [0.25, 0.3) is 0 Å². The van der Waals surface area contributed by atoms with Crippen molar-refractivity contribution in [2.24, 2.45) is 5.92 Å². The number of carbonyl (C=O) groups is 1. The van der Waals surface area contributed by atoms with E-state index in [1.54, 1.807) is 18.2 Å². The van der Waals surface area contributed by atoms with Crippen LogP contribution in [0.1, 0.15) is 30.1 Å². The van der Waals surface area contributed by atoms with Gasteiger partial charge in [0, 0.05) is 45.3 Å². The lowest BCUT2D eigenvalue weighted by Gasteiger charge is -2.41. The number of nitrogens with zero attached hydrogens (tertiary/aromatic N) is 3. The molecule has 2 aliphatic heterocycles. The molecule has 0 bridgehead atoms. The molecule has 0 aliphatic carbocycles. The Morgan fingerprint density at radius 1 is 1.17 bits per heavy atom. The molecule has 1 amide bonds. The van der Waals surface area contributed by atoms with Crippen LogP contribution in [-0.2, 0) is 0 Å². The van der Waals surface area contributed by atoms with Crippen LogP contribution in [-0.4, -0.2) is 73.0 Å². The van der Waals surface area contributed by atoms with Crippen LogP contribution < -0.4 is 0 Å². The minimum Gasteiger partial charge on any atom is -0.339 e. The first-order chi connectivity index (χ1) is 11.5. The quantitative estimate of drug-likeness (QED) is 0.849. The molecule has 0 aromatic heterocycles. The number of benzene rings is 1. The number of rotatable bonds is 3. The van der Waals surface area contributed by atoms with Gasteiger partial charge >= 0.3 is 0 Å². The number of likely N-dealkylation sites (N-methyl/N-ethyl adjacent to an activating group) is 1. The average Bonchev–Trinajstić information content (AvgIpc) is 2.58. The number of piperazine rings is 1. The normalized spacial score (nSPS) is 24.3. The van der Waals surface area contributed by atoms with Gasteiger partial charge in [-0.15, -0.1) is 0 Å². The monoisotopic (exact) mass is 333 g/mol. The number of hydrogen-bond donors (Lipinski definition) is 0. The Hall–Kier alpha value is -1.46. The summed E-state index contributed by atoms with van der Waals surface area (Å²) in [6, 6.07) is 6.87. The molecule has 0 spiro atoms. The van der Waals surface area contributed by atoms with E-state index in [9.17, 15) is 9.18 Å². The number of halogens is 1. The van der Waals surface area contributed by atoms with Gasteiger partial charge in [0.15, 0.2) is 0 Å². The molecule has 24 heavy (non-hydrogen) atoms. The van der Waals surface area contributed by atoms with E-state index in [-0.39, 0.29) is 11.5 Å². The highest BCUT2D eigenvalue weighted by atomic mass is 19.1. The maximum absolute atomic E-state index is 13.8. The third-order valence-electron chi connectivity index (χ3n) is 5.47. The third kappa shape index (κ3) is 3.95. The van der Waals surface area contributed by atoms with Gasteiger partial charge in [-0.05, 0) is 44.9 Å². The van der Waals surface area contributed by atoms with Gasteiger partial charge in [-0.3, -0.25) is 9.69 Å². The molecular formula is C19H28FN3O. The van der Waals surface area contributed by atoms with E-state index < -0.39 is 5.82 Å². The van der Waals surface area contributed by atoms with E-state index in [1.807, 2.05) is 4.90 Å². The van der Waals surface area contributed by atoms with Crippen molar-refractivity contribution in [2.75, 3.05) is 46.3 Å². The molecular weight excluding hydrogens is 305 g/mol. The molecule has 0 N–H and O–H groups in total. The van der Waals surface area contributed by atoms with Gasteiger partial charge in [0.05, 0.1) is 5.56 Å². The molecule has 1 atom stereocenters. The Labute approximate surface area is 144 Å². The molecule has 1 unspecified atom stereocenters. The van der Waals surface area contributed by atoms with Crippen molar-refractivity contribution in [2.45, 2.75) is 25.8 Å². The predicted octanol–water partition coefficient (Wildman–Crippen LogP) is 2.31. The maximum Gasteiger partial charge on any atom is 0.256 e. The Bertz CT molecular complexity index is 571. The fourth-order valence-electron chi connectivity index (χ4n) is 3.90. The number of amides is 1. The molecule has 132 valence electrons. The summed E-state index contributed by atoms with van der Waals surface area (Å²) in [6.07, 6.45) is 2.03. The molecule has 2 fully saturated rings. The molecule has 1 aromatic rings. The number of likely N-dealkylation sites (tertiary alicyclic amines) is 1. The van der Waals surface area contributed by atoms with Crippen molar-refractivity contribution in [1.82, 2.24) is 14.7 Å². The lowest BCUT2D eigenvalue weighted by atomic mass is 9.94. The van der Waals surface area contributed by atoms with E-state index in [2.05, 4.69) is 23.8 Å². The van der Waals surface area contributed by atoms with E-state index in [0.717, 1.165) is 52.1 Å². The highest BCUT2D eigenvalue weighted by molar-refractivity contribution is 5.94. The second-order valence-electron chi connectivity index (χ2n) is 7.32. The minimum absolute atomic E-state index is 0.167. The van der Waals surface area contributed by atoms with Gasteiger partial charge in [-0.1, -0.05) is 12.1 Å². The third-order valence-corrected chi connectivity index (χ3v) is 5.47. The maximum atomic E-state index is 13.8. The molecule has 1 aromatic carbocycles. The first-order valence-corrected chi connectivity index (χ1v) is 9.01. The van der Waals surface area contributed by atoms with Crippen LogP contribution in [0.15, 0.2) is 24.3 Å². The lowest BCUT2D eigenvalue weighted by Crippen LogP contribution is -2.52. The standard InChI is InChI=1S/C19H28FN3O/c1-15-13-21(2)11-12-23(15)14-16-7-9-22(10-8-16)19(24)17-5-3-4-6-18(17)20/h3-6,15-16H,7-14H2,1-2H3. The van der Waals surface area contributed by atoms with Crippen LogP contribution in [0.5, 0.6) is 0 Å². The molecule has 0 radical (unpaired) electrons. The van der Waals surface area contributed by atoms with Crippen LogP contribution in [0.3, 0.4) is 0 Å². The summed E-state index contributed by atoms with van der Waals surface area (Å²) in [7, 11) is 2.18. The number of piperidine rings is 1. The van der Waals surface area contributed by atoms with Crippen molar-refractivity contribution >= 4 is 5.91 Å². The summed E-state index contributed by atoms with van der Waals surface area (Å²) in [4.78, 5) is 19.3. The van der Waals surface area contributed by atoms with Gasteiger partial charge in [-0.2, -0.15) is 0 Å². The Balaban J connectivity index is 1.51. The fourth-order valence-corrected chi connectivity index (χ4v) is 3.90. The van der Waals surface area contributed by atoms with Crippen LogP contribution in [0.2, 0.25) is 0 Å². The zero-order valence-electron chi connectivity index (χ0n) is 14.7. The second kappa shape index (κ2) is 7.62. The van der Waals surface area contributed by atoms with Gasteiger partial charge in [0.2, 0.25) is 0 Å². The van der Waals surface area contributed by atoms with E-state index >= 15 is 0 Å². The van der Waals surface area contributed by atoms with E-state index in [0.29, 0.717) is 12.0 Å². The van der Waals surface area contributed by atoms with Crippen molar-refractivity contribution in [3.63, 3.8) is 0 Å². The molecule has 4 nitrogen and oxygen atoms in total. The molecule has 0 saturated carbocycles. The summed E-state index contributed by atoms with van der Waals surface area (Å²) in [6.45, 7) is 8.29. The van der Waals surface area contributed by atoms with Crippen molar-refractivity contribution in [3.05, 3.63) is 35.6 Å². The zero-order valence-corrected chi connectivity index (χ0v) is 14.7. The first kappa shape index (κ1) is 17.4. The fraction of sp³-hybridized carbons (Fsp3) is 0.632. The average molecular weight is 333 g/mol. The summed E-state index contributed by atoms with van der Waals surface area (Å²) < 4.78 is 13.8. The van der Waals surface area contributed by atoms with Crippen molar-refractivity contribution < 1.29 is 9.18 Å². The largest absolute Gasteiger partial charge is 0.339 e. The SMILES string of the molecule is CC1CN(C)CCN1CC1CCN(C(=O)c2ccccc2F)CC1. The minimum atomic E-state index is -0.420. The molecule has 3 rings (SSSR count). The Kier molecular flexibility index (Phi) is 5.51. The summed E-state index contributed by atoms with van der Waals surface area (Å²) in [5.74, 6) is 0.0518. The molecule has 5 heteroatoms. The lowest BCUT2D eigenvalue weighted by molar-refractivity contribution is 0.0553. The number of carbonyl (C=O) groups excluding carboxylic acids is 1. The Morgan fingerprint density at radius 2 is 1.88 bits per heavy atom. The number of hydrogen-bond acceptors (Lipinski definition) is 3. The van der Waals surface area contributed by atoms with Gasteiger partial charge in [0.1, 0.15) is 5.82 Å². The molecule has 2 aliphatic rings. The van der Waals surface area contributed by atoms with Crippen molar-refractivity contribution in [1.29, 1.82) is 0 Å². The van der Waals surface area contributed by atoms with Gasteiger partial charge in [-0.25, -0.2) is 4.39 Å². The molecule has 2 heterocycles. The first-order valence-electron chi connectivity index (χ1n) is 9.01. The topological polar surface area (TPSA) is 26.8 Å². The van der Waals surface area contributed by atoms with Crippen LogP contribution >= 0.6 is 0 Å². The highest BCUT2D eigenvalue weighted by Gasteiger charge is 2.28. The predicted molar refractivity (Wildman–Crippen MR) is 93.6 cm³/mol. The summed E-state index contributed by atoms with van der Waals surface area (Å²) >= 11 is 0. The van der Waals surface area contributed by atoms with Gasteiger partial charge in [0.25, 0.3) is 5.91 Å². The Morgan fingerprint density at radius 3 is 2.54 bits per heavy atom. The van der Waals surface area contributed by atoms with Gasteiger partial charge < -0.3 is 9.80 Å². The molecule has 2 saturated heterocycles.